The maximum Gasteiger partial charge on any atom is 0.130 e. The highest BCUT2D eigenvalue weighted by atomic mass is 79.9. The molecule has 0 saturated carbocycles. The van der Waals surface area contributed by atoms with Gasteiger partial charge in [0.05, 0.1) is 33.9 Å². The number of halogens is 2. The van der Waals surface area contributed by atoms with Gasteiger partial charge in [-0.2, -0.15) is 0 Å². The van der Waals surface area contributed by atoms with Crippen molar-refractivity contribution in [1.82, 2.24) is 0 Å². The summed E-state index contributed by atoms with van der Waals surface area (Å²) in [6, 6.07) is 0. The predicted octanol–water partition coefficient (Wildman–Crippen LogP) is 11.0. The van der Waals surface area contributed by atoms with Crippen LogP contribution in [0.2, 0.25) is 0 Å². The van der Waals surface area contributed by atoms with Crippen LogP contribution in [0.4, 0.5) is 0 Å². The molecule has 0 N–H and O–H groups in total. The molecule has 0 heterocycles. The Hall–Kier alpha value is 0.280. The fourth-order valence-corrected chi connectivity index (χ4v) is 6.76. The van der Waals surface area contributed by atoms with Crippen molar-refractivity contribution in [3.05, 3.63) is 24.3 Å². The zero-order valence-electron chi connectivity index (χ0n) is 34.8. The van der Waals surface area contributed by atoms with Gasteiger partial charge in [0.1, 0.15) is 19.2 Å². The van der Waals surface area contributed by atoms with Gasteiger partial charge < -0.3 is 35.7 Å². The molecule has 1 unspecified atom stereocenters. The van der Waals surface area contributed by atoms with Gasteiger partial charge in [-0.15, -0.1) is 0 Å². The van der Waals surface area contributed by atoms with Crippen molar-refractivity contribution in [1.29, 1.82) is 0 Å². The number of hydrogen-bond donors (Lipinski definition) is 0. The fourth-order valence-electron chi connectivity index (χ4n) is 6.53. The highest BCUT2D eigenvalue weighted by Gasteiger charge is 2.23. The van der Waals surface area contributed by atoms with Crippen LogP contribution in [0.3, 0.4) is 0 Å². The van der Waals surface area contributed by atoms with Gasteiger partial charge in [0.15, 0.2) is 0 Å². The summed E-state index contributed by atoms with van der Waals surface area (Å²) in [4.78, 5) is 0. The highest BCUT2D eigenvalue weighted by Crippen LogP contribution is 2.13. The lowest BCUT2D eigenvalue weighted by Gasteiger charge is -2.33. The van der Waals surface area contributed by atoms with Crippen molar-refractivity contribution < 1.29 is 35.7 Å². The predicted molar refractivity (Wildman–Crippen MR) is 226 cm³/mol. The largest absolute Gasteiger partial charge is 1.00 e. The van der Waals surface area contributed by atoms with Crippen molar-refractivity contribution in [2.45, 2.75) is 200 Å². The minimum absolute atomic E-state index is 0. The van der Waals surface area contributed by atoms with Gasteiger partial charge in [0.25, 0.3) is 0 Å². The van der Waals surface area contributed by atoms with E-state index in [1.165, 1.54) is 173 Å². The molecule has 306 valence electrons. The molecule has 4 nitrogen and oxygen atoms in total. The Morgan fingerprint density at radius 3 is 1.29 bits per heavy atom. The highest BCUT2D eigenvalue weighted by molar-refractivity contribution is 9.09. The van der Waals surface area contributed by atoms with Crippen LogP contribution in [0.5, 0.6) is 0 Å². The van der Waals surface area contributed by atoms with Crippen LogP contribution in [0, 0.1) is 0 Å². The first-order chi connectivity index (χ1) is 24.6. The SMILES string of the molecule is CCCCCCCCC=CCCCCCCCCOCC(C[N+](C)(C)CCOCCBr)OCCCCCCCCC=CCCCCCCCC.[Br-]. The van der Waals surface area contributed by atoms with Crippen LogP contribution >= 0.6 is 15.9 Å². The van der Waals surface area contributed by atoms with E-state index < -0.39 is 0 Å². The summed E-state index contributed by atoms with van der Waals surface area (Å²) in [5, 5.41) is 0.896. The second kappa shape index (κ2) is 44.7. The van der Waals surface area contributed by atoms with E-state index in [-0.39, 0.29) is 23.1 Å². The third kappa shape index (κ3) is 44.6. The molecule has 0 amide bonds. The van der Waals surface area contributed by atoms with Gasteiger partial charge >= 0.3 is 0 Å². The number of rotatable bonds is 42. The second-order valence-electron chi connectivity index (χ2n) is 15.6. The number of nitrogens with zero attached hydrogens (tertiary/aromatic N) is 1. The first kappa shape index (κ1) is 53.4. The summed E-state index contributed by atoms with van der Waals surface area (Å²) in [5.41, 5.74) is 0. The quantitative estimate of drug-likeness (QED) is 0.0265. The van der Waals surface area contributed by atoms with Gasteiger partial charge in [0.2, 0.25) is 0 Å². The zero-order chi connectivity index (χ0) is 36.5. The summed E-state index contributed by atoms with van der Waals surface area (Å²) < 4.78 is 19.3. The van der Waals surface area contributed by atoms with Crippen LogP contribution in [0.15, 0.2) is 24.3 Å². The molecular weight excluding hydrogens is 762 g/mol. The molecule has 0 aliphatic carbocycles. The average molecular weight is 852 g/mol. The molecular formula is C45H89Br2NO3. The lowest BCUT2D eigenvalue weighted by molar-refractivity contribution is -0.893. The van der Waals surface area contributed by atoms with E-state index >= 15 is 0 Å². The van der Waals surface area contributed by atoms with Crippen molar-refractivity contribution in [2.24, 2.45) is 0 Å². The molecule has 1 atom stereocenters. The second-order valence-corrected chi connectivity index (χ2v) is 16.4. The van der Waals surface area contributed by atoms with Crippen molar-refractivity contribution >= 4 is 15.9 Å². The normalized spacial score (nSPS) is 12.7. The van der Waals surface area contributed by atoms with Crippen LogP contribution in [0.1, 0.15) is 194 Å². The van der Waals surface area contributed by atoms with Gasteiger partial charge in [0, 0.05) is 18.5 Å². The Labute approximate surface area is 339 Å². The van der Waals surface area contributed by atoms with Crippen LogP contribution in [-0.4, -0.2) is 76.1 Å². The van der Waals surface area contributed by atoms with Crippen LogP contribution < -0.4 is 17.0 Å². The zero-order valence-corrected chi connectivity index (χ0v) is 37.9. The molecule has 0 spiro atoms. The maximum absolute atomic E-state index is 6.45. The molecule has 0 aliphatic rings. The fraction of sp³-hybridized carbons (Fsp3) is 0.911. The van der Waals surface area contributed by atoms with Crippen molar-refractivity contribution in [3.63, 3.8) is 0 Å². The van der Waals surface area contributed by atoms with E-state index in [0.29, 0.717) is 6.61 Å². The molecule has 0 fully saturated rings. The molecule has 51 heavy (non-hydrogen) atoms. The molecule has 0 aromatic heterocycles. The number of hydrogen-bond acceptors (Lipinski definition) is 3. The lowest BCUT2D eigenvalue weighted by Crippen LogP contribution is -3.00. The molecule has 0 saturated heterocycles. The third-order valence-electron chi connectivity index (χ3n) is 9.87. The van der Waals surface area contributed by atoms with Crippen LogP contribution in [0.25, 0.3) is 0 Å². The van der Waals surface area contributed by atoms with E-state index in [2.05, 4.69) is 68.2 Å². The van der Waals surface area contributed by atoms with Gasteiger partial charge in [-0.25, -0.2) is 0 Å². The molecule has 0 aromatic rings. The summed E-state index contributed by atoms with van der Waals surface area (Å²) in [6.45, 7) is 10.5. The van der Waals surface area contributed by atoms with Crippen LogP contribution in [-0.2, 0) is 14.2 Å². The van der Waals surface area contributed by atoms with E-state index in [1.54, 1.807) is 0 Å². The number of alkyl halides is 1. The summed E-state index contributed by atoms with van der Waals surface area (Å²) >= 11 is 3.46. The van der Waals surface area contributed by atoms with Gasteiger partial charge in [-0.1, -0.05) is 170 Å². The topological polar surface area (TPSA) is 27.7 Å². The Morgan fingerprint density at radius 2 is 0.863 bits per heavy atom. The first-order valence-corrected chi connectivity index (χ1v) is 23.1. The Bertz CT molecular complexity index is 703. The molecule has 6 heteroatoms. The van der Waals surface area contributed by atoms with E-state index in [0.717, 1.165) is 55.8 Å². The number of allylic oxidation sites excluding steroid dienone is 4. The molecule has 0 radical (unpaired) electrons. The first-order valence-electron chi connectivity index (χ1n) is 22.0. The van der Waals surface area contributed by atoms with E-state index in [4.69, 9.17) is 14.2 Å². The monoisotopic (exact) mass is 850 g/mol. The minimum Gasteiger partial charge on any atom is -1.00 e. The maximum atomic E-state index is 6.45. The van der Waals surface area contributed by atoms with E-state index in [9.17, 15) is 0 Å². The minimum atomic E-state index is 0. The standard InChI is InChI=1S/C45H89BrNO3.BrH/c1-5-7-9-11-13-15-17-19-21-23-25-27-29-31-33-35-39-49-44-45(43-47(3,4)38-42-48-41-37-46)50-40-36-34-32-30-28-26-24-22-20-18-16-14-12-10-8-6-2;/h19-22,45H,5-18,23-44H2,1-4H3;1H/q+1;/p-1. The number of quaternary nitrogens is 1. The molecule has 0 aromatic carbocycles. The third-order valence-corrected chi connectivity index (χ3v) is 10.2. The average Bonchev–Trinajstić information content (AvgIpc) is 3.10. The molecule has 0 rings (SSSR count). The molecule has 0 bridgehead atoms. The molecule has 0 aliphatic heterocycles. The number of ether oxygens (including phenoxy) is 3. The van der Waals surface area contributed by atoms with Crippen molar-refractivity contribution in [3.8, 4) is 0 Å². The van der Waals surface area contributed by atoms with E-state index in [1.807, 2.05) is 0 Å². The Morgan fingerprint density at radius 1 is 0.471 bits per heavy atom. The summed E-state index contributed by atoms with van der Waals surface area (Å²) in [7, 11) is 4.59. The lowest BCUT2D eigenvalue weighted by atomic mass is 10.1. The smallest absolute Gasteiger partial charge is 0.130 e. The Kier molecular flexibility index (Phi) is 46.8. The Balaban J connectivity index is 0. The summed E-state index contributed by atoms with van der Waals surface area (Å²) in [6.07, 6.45) is 47.3. The van der Waals surface area contributed by atoms with Gasteiger partial charge in [-0.3, -0.25) is 0 Å². The number of likely N-dealkylation sites (N-methyl/N-ethyl adjacent to an activating group) is 1. The van der Waals surface area contributed by atoms with Gasteiger partial charge in [-0.05, 0) is 64.2 Å². The summed E-state index contributed by atoms with van der Waals surface area (Å²) in [5.74, 6) is 0. The van der Waals surface area contributed by atoms with Crippen molar-refractivity contribution in [2.75, 3.05) is 65.5 Å². The number of unbranched alkanes of at least 4 members (excludes halogenated alkanes) is 24.